The molecule has 2 saturated carbocycles. The summed E-state index contributed by atoms with van der Waals surface area (Å²) in [6.45, 7) is 0.530. The van der Waals surface area contributed by atoms with Crippen LogP contribution in [0.2, 0.25) is 0 Å². The molecule has 6 nitrogen and oxygen atoms in total. The molecule has 2 aliphatic carbocycles. The Morgan fingerprint density at radius 3 is 2.42 bits per heavy atom. The van der Waals surface area contributed by atoms with E-state index in [0.29, 0.717) is 12.5 Å². The lowest BCUT2D eigenvalue weighted by Gasteiger charge is -2.16. The molecule has 2 fully saturated rings. The van der Waals surface area contributed by atoms with Crippen LogP contribution in [0.15, 0.2) is 11.4 Å². The smallest absolute Gasteiger partial charge is 0.260 e. The zero-order chi connectivity index (χ0) is 13.6. The molecule has 1 heterocycles. The number of hydrogen-bond acceptors (Lipinski definition) is 4. The maximum absolute atomic E-state index is 12.3. The summed E-state index contributed by atoms with van der Waals surface area (Å²) in [5.41, 5.74) is 5.63. The van der Waals surface area contributed by atoms with Crippen molar-refractivity contribution < 1.29 is 8.42 Å². The van der Waals surface area contributed by atoms with Crippen molar-refractivity contribution in [2.24, 2.45) is 24.8 Å². The van der Waals surface area contributed by atoms with E-state index in [1.54, 1.807) is 7.05 Å². The van der Waals surface area contributed by atoms with Gasteiger partial charge in [-0.05, 0) is 43.4 Å². The highest BCUT2D eigenvalue weighted by molar-refractivity contribution is 7.89. The highest BCUT2D eigenvalue weighted by atomic mass is 32.2. The van der Waals surface area contributed by atoms with Gasteiger partial charge in [0.1, 0.15) is 0 Å². The SMILES string of the molecule is Cn1cnc(N)c1S(=O)(=O)NCC(C1CC1)C1CC1. The molecule has 0 spiro atoms. The van der Waals surface area contributed by atoms with Crippen molar-refractivity contribution in [1.29, 1.82) is 0 Å². The van der Waals surface area contributed by atoms with Crippen molar-refractivity contribution >= 4 is 15.8 Å². The molecule has 3 rings (SSSR count). The van der Waals surface area contributed by atoms with Crippen LogP contribution in [0.3, 0.4) is 0 Å². The number of rotatable bonds is 6. The minimum Gasteiger partial charge on any atom is -0.381 e. The van der Waals surface area contributed by atoms with Gasteiger partial charge in [-0.3, -0.25) is 0 Å². The quantitative estimate of drug-likeness (QED) is 0.805. The van der Waals surface area contributed by atoms with E-state index in [-0.39, 0.29) is 10.8 Å². The summed E-state index contributed by atoms with van der Waals surface area (Å²) in [7, 11) is -1.92. The third kappa shape index (κ3) is 2.62. The van der Waals surface area contributed by atoms with Gasteiger partial charge in [0.15, 0.2) is 10.8 Å². The monoisotopic (exact) mass is 284 g/mol. The maximum atomic E-state index is 12.3. The standard InChI is InChI=1S/C12H20N4O2S/c1-16-7-14-11(13)12(16)19(17,18)15-6-10(8-2-3-8)9-4-5-9/h7-10,15H,2-6,13H2,1H3. The molecule has 3 N–H and O–H groups in total. The van der Waals surface area contributed by atoms with E-state index in [1.807, 2.05) is 0 Å². The van der Waals surface area contributed by atoms with Crippen LogP contribution in [0, 0.1) is 17.8 Å². The second-order valence-corrected chi connectivity index (χ2v) is 7.42. The van der Waals surface area contributed by atoms with Crippen LogP contribution < -0.4 is 10.5 Å². The third-order valence-corrected chi connectivity index (χ3v) is 5.68. The number of aromatic nitrogens is 2. The van der Waals surface area contributed by atoms with E-state index in [1.165, 1.54) is 36.6 Å². The number of hydrogen-bond donors (Lipinski definition) is 2. The lowest BCUT2D eigenvalue weighted by Crippen LogP contribution is -2.32. The van der Waals surface area contributed by atoms with Gasteiger partial charge in [0, 0.05) is 13.6 Å². The molecule has 0 bridgehead atoms. The molecule has 0 aromatic carbocycles. The Labute approximate surface area is 113 Å². The van der Waals surface area contributed by atoms with Gasteiger partial charge in [0.25, 0.3) is 10.0 Å². The summed E-state index contributed by atoms with van der Waals surface area (Å²) in [6, 6.07) is 0. The predicted molar refractivity (Wildman–Crippen MR) is 71.7 cm³/mol. The fourth-order valence-electron chi connectivity index (χ4n) is 2.81. The molecular formula is C12H20N4O2S. The van der Waals surface area contributed by atoms with Gasteiger partial charge in [0.2, 0.25) is 0 Å². The van der Waals surface area contributed by atoms with Gasteiger partial charge in [-0.15, -0.1) is 0 Å². The zero-order valence-corrected chi connectivity index (χ0v) is 11.9. The first-order valence-corrected chi connectivity index (χ1v) is 8.24. The molecule has 0 aliphatic heterocycles. The summed E-state index contributed by atoms with van der Waals surface area (Å²) in [5, 5.41) is 0.0674. The highest BCUT2D eigenvalue weighted by Gasteiger charge is 2.41. The van der Waals surface area contributed by atoms with Crippen LogP contribution in [0.5, 0.6) is 0 Å². The van der Waals surface area contributed by atoms with E-state index in [2.05, 4.69) is 9.71 Å². The minimum absolute atomic E-state index is 0.0596. The Morgan fingerprint density at radius 1 is 1.42 bits per heavy atom. The first kappa shape index (κ1) is 12.9. The number of nitrogens with one attached hydrogen (secondary N) is 1. The van der Waals surface area contributed by atoms with Crippen LogP contribution in [0.1, 0.15) is 25.7 Å². The molecule has 0 amide bonds. The van der Waals surface area contributed by atoms with Crippen LogP contribution >= 0.6 is 0 Å². The molecule has 7 heteroatoms. The molecule has 0 atom stereocenters. The van der Waals surface area contributed by atoms with Crippen molar-refractivity contribution in [1.82, 2.24) is 14.3 Å². The van der Waals surface area contributed by atoms with Gasteiger partial charge in [-0.2, -0.15) is 0 Å². The first-order valence-electron chi connectivity index (χ1n) is 6.75. The number of nitrogen functional groups attached to an aromatic ring is 1. The number of nitrogens with zero attached hydrogens (tertiary/aromatic N) is 2. The van der Waals surface area contributed by atoms with Crippen LogP contribution in [0.4, 0.5) is 5.82 Å². The van der Waals surface area contributed by atoms with E-state index < -0.39 is 10.0 Å². The Balaban J connectivity index is 1.71. The molecule has 0 saturated heterocycles. The van der Waals surface area contributed by atoms with E-state index in [9.17, 15) is 8.42 Å². The largest absolute Gasteiger partial charge is 0.381 e. The lowest BCUT2D eigenvalue weighted by molar-refractivity contribution is 0.401. The Morgan fingerprint density at radius 2 is 2.00 bits per heavy atom. The second-order valence-electron chi connectivity index (χ2n) is 5.74. The normalized spacial score (nSPS) is 20.1. The van der Waals surface area contributed by atoms with Gasteiger partial charge in [0.05, 0.1) is 6.33 Å². The number of aryl methyl sites for hydroxylation is 1. The van der Waals surface area contributed by atoms with E-state index in [0.717, 1.165) is 11.8 Å². The van der Waals surface area contributed by atoms with Crippen molar-refractivity contribution in [3.8, 4) is 0 Å². The average molecular weight is 284 g/mol. The fourth-order valence-corrected chi connectivity index (χ4v) is 4.11. The summed E-state index contributed by atoms with van der Waals surface area (Å²) in [5.74, 6) is 2.01. The van der Waals surface area contributed by atoms with E-state index in [4.69, 9.17) is 5.73 Å². The molecule has 1 aromatic rings. The van der Waals surface area contributed by atoms with Crippen molar-refractivity contribution in [2.45, 2.75) is 30.7 Å². The summed E-state index contributed by atoms with van der Waals surface area (Å²) >= 11 is 0. The number of sulfonamides is 1. The molecule has 19 heavy (non-hydrogen) atoms. The van der Waals surface area contributed by atoms with Crippen molar-refractivity contribution in [2.75, 3.05) is 12.3 Å². The van der Waals surface area contributed by atoms with Gasteiger partial charge in [-0.25, -0.2) is 18.1 Å². The molecule has 106 valence electrons. The Bertz CT molecular complexity index is 541. The predicted octanol–water partition coefficient (Wildman–Crippen LogP) is 0.717. The van der Waals surface area contributed by atoms with Crippen LogP contribution in [0.25, 0.3) is 0 Å². The lowest BCUT2D eigenvalue weighted by atomic mass is 9.99. The highest BCUT2D eigenvalue weighted by Crippen LogP contribution is 2.48. The summed E-state index contributed by atoms with van der Waals surface area (Å²) < 4.78 is 28.7. The zero-order valence-electron chi connectivity index (χ0n) is 11.0. The fraction of sp³-hybridized carbons (Fsp3) is 0.750. The second kappa shape index (κ2) is 4.49. The molecule has 2 aliphatic rings. The number of anilines is 1. The molecular weight excluding hydrogens is 264 g/mol. The van der Waals surface area contributed by atoms with Crippen LogP contribution in [-0.4, -0.2) is 24.5 Å². The Kier molecular flexibility index (Phi) is 3.05. The number of imidazole rings is 1. The van der Waals surface area contributed by atoms with Gasteiger partial charge >= 0.3 is 0 Å². The Hall–Kier alpha value is -1.08. The topological polar surface area (TPSA) is 90.0 Å². The van der Waals surface area contributed by atoms with Crippen LogP contribution in [-0.2, 0) is 17.1 Å². The van der Waals surface area contributed by atoms with Gasteiger partial charge < -0.3 is 10.3 Å². The molecule has 0 unspecified atom stereocenters. The summed E-state index contributed by atoms with van der Waals surface area (Å²) in [4.78, 5) is 3.83. The van der Waals surface area contributed by atoms with Gasteiger partial charge in [-0.1, -0.05) is 0 Å². The average Bonchev–Trinajstić information content (AvgIpc) is 3.20. The minimum atomic E-state index is -3.56. The van der Waals surface area contributed by atoms with Crippen molar-refractivity contribution in [3.05, 3.63) is 6.33 Å². The first-order chi connectivity index (χ1) is 8.99. The number of nitrogens with two attached hydrogens (primary N) is 1. The summed E-state index contributed by atoms with van der Waals surface area (Å²) in [6.07, 6.45) is 6.41. The van der Waals surface area contributed by atoms with Crippen molar-refractivity contribution in [3.63, 3.8) is 0 Å². The molecule has 0 radical (unpaired) electrons. The third-order valence-electron chi connectivity index (χ3n) is 4.13. The molecule has 1 aromatic heterocycles. The maximum Gasteiger partial charge on any atom is 0.260 e. The van der Waals surface area contributed by atoms with E-state index >= 15 is 0 Å².